The molecule has 0 fully saturated rings. The van der Waals surface area contributed by atoms with Crippen LogP contribution >= 0.6 is 11.3 Å². The zero-order chi connectivity index (χ0) is 14.1. The molecule has 2 aromatic carbocycles. The summed E-state index contributed by atoms with van der Waals surface area (Å²) < 4.78 is 14.1. The van der Waals surface area contributed by atoms with Crippen molar-refractivity contribution in [1.82, 2.24) is 4.98 Å². The second-order valence-corrected chi connectivity index (χ2v) is 5.45. The van der Waals surface area contributed by atoms with Gasteiger partial charge in [0.1, 0.15) is 5.82 Å². The van der Waals surface area contributed by atoms with Gasteiger partial charge in [-0.15, -0.1) is 0 Å². The molecular weight excluding hydrogens is 273 g/mol. The van der Waals surface area contributed by atoms with E-state index in [0.717, 1.165) is 33.3 Å². The Morgan fingerprint density at radius 2 is 1.95 bits per heavy atom. The summed E-state index contributed by atoms with van der Waals surface area (Å²) in [5, 5.41) is 0.889. The van der Waals surface area contributed by atoms with Gasteiger partial charge in [0, 0.05) is 17.9 Å². The Morgan fingerprint density at radius 1 is 1.20 bits per heavy atom. The lowest BCUT2D eigenvalue weighted by Gasteiger charge is -2.19. The third-order valence-electron chi connectivity index (χ3n) is 3.09. The Morgan fingerprint density at radius 3 is 2.65 bits per heavy atom. The number of hydrogen-bond acceptors (Lipinski definition) is 4. The fourth-order valence-corrected chi connectivity index (χ4v) is 3.19. The number of anilines is 3. The number of thiazole rings is 1. The minimum Gasteiger partial charge on any atom is -0.399 e. The largest absolute Gasteiger partial charge is 0.399 e. The van der Waals surface area contributed by atoms with Crippen molar-refractivity contribution in [3.05, 3.63) is 48.3 Å². The van der Waals surface area contributed by atoms with E-state index in [1.807, 2.05) is 25.1 Å². The molecule has 0 aliphatic rings. The Kier molecular flexibility index (Phi) is 3.28. The van der Waals surface area contributed by atoms with E-state index in [1.54, 1.807) is 23.5 Å². The van der Waals surface area contributed by atoms with Crippen molar-refractivity contribution in [2.75, 3.05) is 17.2 Å². The second kappa shape index (κ2) is 5.09. The number of nitrogens with two attached hydrogens (primary N) is 1. The first-order chi connectivity index (χ1) is 9.67. The van der Waals surface area contributed by atoms with E-state index in [4.69, 9.17) is 5.73 Å². The number of nitrogen functional groups attached to an aromatic ring is 1. The molecule has 3 rings (SSSR count). The van der Waals surface area contributed by atoms with Gasteiger partial charge in [0.15, 0.2) is 5.13 Å². The maximum Gasteiger partial charge on any atom is 0.190 e. The molecule has 3 aromatic rings. The van der Waals surface area contributed by atoms with Gasteiger partial charge in [-0.05, 0) is 49.4 Å². The Bertz CT molecular complexity index is 736. The number of fused-ring (bicyclic) bond motifs is 1. The van der Waals surface area contributed by atoms with E-state index >= 15 is 0 Å². The fraction of sp³-hybridized carbons (Fsp3) is 0.133. The predicted molar refractivity (Wildman–Crippen MR) is 83.1 cm³/mol. The van der Waals surface area contributed by atoms with Crippen molar-refractivity contribution < 1.29 is 4.39 Å². The molecule has 0 aliphatic carbocycles. The van der Waals surface area contributed by atoms with Crippen molar-refractivity contribution in [3.63, 3.8) is 0 Å². The van der Waals surface area contributed by atoms with Gasteiger partial charge < -0.3 is 10.6 Å². The molecule has 0 saturated heterocycles. The zero-order valence-electron chi connectivity index (χ0n) is 11.0. The van der Waals surface area contributed by atoms with Crippen molar-refractivity contribution in [3.8, 4) is 0 Å². The van der Waals surface area contributed by atoms with Crippen LogP contribution in [0.3, 0.4) is 0 Å². The molecule has 0 saturated carbocycles. The van der Waals surface area contributed by atoms with Crippen LogP contribution in [-0.2, 0) is 0 Å². The third kappa shape index (κ3) is 2.32. The molecule has 1 aromatic heterocycles. The Labute approximate surface area is 120 Å². The van der Waals surface area contributed by atoms with Gasteiger partial charge in [-0.1, -0.05) is 11.3 Å². The van der Waals surface area contributed by atoms with Crippen LogP contribution in [0, 0.1) is 5.82 Å². The molecule has 0 amide bonds. The quantitative estimate of drug-likeness (QED) is 0.735. The summed E-state index contributed by atoms with van der Waals surface area (Å²) in [5.74, 6) is -0.234. The monoisotopic (exact) mass is 287 g/mol. The molecule has 0 aliphatic heterocycles. The molecule has 0 radical (unpaired) electrons. The van der Waals surface area contributed by atoms with E-state index in [9.17, 15) is 4.39 Å². The topological polar surface area (TPSA) is 42.2 Å². The van der Waals surface area contributed by atoms with Crippen LogP contribution in [0.1, 0.15) is 6.92 Å². The molecule has 0 unspecified atom stereocenters. The maximum atomic E-state index is 13.0. The van der Waals surface area contributed by atoms with Crippen molar-refractivity contribution in [2.45, 2.75) is 6.92 Å². The third-order valence-corrected chi connectivity index (χ3v) is 4.13. The average Bonchev–Trinajstić information content (AvgIpc) is 2.84. The van der Waals surface area contributed by atoms with E-state index in [-0.39, 0.29) is 5.82 Å². The van der Waals surface area contributed by atoms with Crippen molar-refractivity contribution >= 4 is 38.1 Å². The zero-order valence-corrected chi connectivity index (χ0v) is 11.8. The predicted octanol–water partition coefficient (Wildman–Crippen LogP) is 4.18. The number of hydrogen-bond donors (Lipinski definition) is 1. The highest BCUT2D eigenvalue weighted by atomic mass is 32.1. The summed E-state index contributed by atoms with van der Waals surface area (Å²) in [6.45, 7) is 2.81. The van der Waals surface area contributed by atoms with Crippen molar-refractivity contribution in [2.24, 2.45) is 0 Å². The minimum absolute atomic E-state index is 0.234. The SMILES string of the molecule is CCN(c1ccc(F)cc1)c1nc2ccc(N)cc2s1. The lowest BCUT2D eigenvalue weighted by molar-refractivity contribution is 0.628. The van der Waals surface area contributed by atoms with Crippen LogP contribution in [0.25, 0.3) is 10.2 Å². The first-order valence-corrected chi connectivity index (χ1v) is 7.18. The first-order valence-electron chi connectivity index (χ1n) is 6.36. The van der Waals surface area contributed by atoms with Gasteiger partial charge >= 0.3 is 0 Å². The minimum atomic E-state index is -0.234. The van der Waals surface area contributed by atoms with Crippen LogP contribution in [0.4, 0.5) is 20.9 Å². The molecule has 2 N–H and O–H groups in total. The lowest BCUT2D eigenvalue weighted by atomic mass is 10.3. The molecule has 0 atom stereocenters. The summed E-state index contributed by atoms with van der Waals surface area (Å²) >= 11 is 1.58. The fourth-order valence-electron chi connectivity index (χ4n) is 2.09. The van der Waals surface area contributed by atoms with Crippen LogP contribution in [-0.4, -0.2) is 11.5 Å². The first kappa shape index (κ1) is 12.9. The normalized spacial score (nSPS) is 10.9. The Balaban J connectivity index is 2.04. The summed E-state index contributed by atoms with van der Waals surface area (Å²) in [6, 6.07) is 12.1. The van der Waals surface area contributed by atoms with Crippen LogP contribution < -0.4 is 10.6 Å². The smallest absolute Gasteiger partial charge is 0.190 e. The summed E-state index contributed by atoms with van der Waals surface area (Å²) in [6.07, 6.45) is 0. The van der Waals surface area contributed by atoms with Gasteiger partial charge in [0.2, 0.25) is 0 Å². The highest BCUT2D eigenvalue weighted by Gasteiger charge is 2.12. The second-order valence-electron chi connectivity index (χ2n) is 4.44. The molecule has 102 valence electrons. The summed E-state index contributed by atoms with van der Waals surface area (Å²) in [4.78, 5) is 6.67. The number of nitrogens with zero attached hydrogens (tertiary/aromatic N) is 2. The molecule has 0 spiro atoms. The van der Waals surface area contributed by atoms with Crippen LogP contribution in [0.2, 0.25) is 0 Å². The molecule has 20 heavy (non-hydrogen) atoms. The standard InChI is InChI=1S/C15H14FN3S/c1-2-19(12-6-3-10(16)4-7-12)15-18-13-8-5-11(17)9-14(13)20-15/h3-9H,2,17H2,1H3. The van der Waals surface area contributed by atoms with Gasteiger partial charge in [-0.3, -0.25) is 0 Å². The molecular formula is C15H14FN3S. The van der Waals surface area contributed by atoms with Gasteiger partial charge in [0.05, 0.1) is 10.2 Å². The van der Waals surface area contributed by atoms with Gasteiger partial charge in [-0.2, -0.15) is 0 Å². The lowest BCUT2D eigenvalue weighted by Crippen LogP contribution is -2.15. The van der Waals surface area contributed by atoms with Crippen LogP contribution in [0.5, 0.6) is 0 Å². The summed E-state index contributed by atoms with van der Waals surface area (Å²) in [7, 11) is 0. The van der Waals surface area contributed by atoms with E-state index in [0.29, 0.717) is 0 Å². The van der Waals surface area contributed by atoms with E-state index in [2.05, 4.69) is 9.88 Å². The number of benzene rings is 2. The summed E-state index contributed by atoms with van der Waals surface area (Å²) in [5.41, 5.74) is 8.39. The molecule has 1 heterocycles. The average molecular weight is 287 g/mol. The van der Waals surface area contributed by atoms with E-state index in [1.165, 1.54) is 12.1 Å². The highest BCUT2D eigenvalue weighted by Crippen LogP contribution is 2.33. The van der Waals surface area contributed by atoms with Crippen LogP contribution in [0.15, 0.2) is 42.5 Å². The Hall–Kier alpha value is -2.14. The maximum absolute atomic E-state index is 13.0. The highest BCUT2D eigenvalue weighted by molar-refractivity contribution is 7.22. The molecule has 0 bridgehead atoms. The van der Waals surface area contributed by atoms with Crippen molar-refractivity contribution in [1.29, 1.82) is 0 Å². The number of aromatic nitrogens is 1. The van der Waals surface area contributed by atoms with E-state index < -0.39 is 0 Å². The number of halogens is 1. The number of rotatable bonds is 3. The van der Waals surface area contributed by atoms with Gasteiger partial charge in [0.25, 0.3) is 0 Å². The molecule has 3 nitrogen and oxygen atoms in total. The van der Waals surface area contributed by atoms with Gasteiger partial charge in [-0.25, -0.2) is 9.37 Å². The molecule has 5 heteroatoms.